The van der Waals surface area contributed by atoms with Gasteiger partial charge in [-0.15, -0.1) is 0 Å². The Bertz CT molecular complexity index is 915. The molecule has 3 rings (SSSR count). The van der Waals surface area contributed by atoms with E-state index >= 15 is 0 Å². The molecule has 1 heterocycles. The SMILES string of the molecule is Cc1ccc(-c2n[nH]c(C)c2NC(=O)c2cccc(Cl)c2)c(C)c1. The summed E-state index contributed by atoms with van der Waals surface area (Å²) in [6.45, 7) is 5.97. The second-order valence-corrected chi connectivity index (χ2v) is 6.29. The molecule has 0 saturated heterocycles. The maximum Gasteiger partial charge on any atom is 0.255 e. The molecule has 2 N–H and O–H groups in total. The van der Waals surface area contributed by atoms with Gasteiger partial charge in [0.15, 0.2) is 0 Å². The molecule has 0 aliphatic rings. The number of rotatable bonds is 3. The zero-order valence-corrected chi connectivity index (χ0v) is 14.5. The lowest BCUT2D eigenvalue weighted by molar-refractivity contribution is 0.102. The molecule has 4 nitrogen and oxygen atoms in total. The number of halogens is 1. The lowest BCUT2D eigenvalue weighted by atomic mass is 10.0. The number of anilines is 1. The van der Waals surface area contributed by atoms with E-state index in [0.29, 0.717) is 16.3 Å². The normalized spacial score (nSPS) is 10.7. The average molecular weight is 340 g/mol. The van der Waals surface area contributed by atoms with Crippen LogP contribution >= 0.6 is 11.6 Å². The summed E-state index contributed by atoms with van der Waals surface area (Å²) in [5, 5.41) is 10.8. The van der Waals surface area contributed by atoms with Crippen LogP contribution in [0.25, 0.3) is 11.3 Å². The Balaban J connectivity index is 1.97. The van der Waals surface area contributed by atoms with Crippen molar-refractivity contribution < 1.29 is 4.79 Å². The summed E-state index contributed by atoms with van der Waals surface area (Å²) in [4.78, 5) is 12.5. The first-order valence-electron chi connectivity index (χ1n) is 7.65. The first kappa shape index (κ1) is 16.3. The minimum absolute atomic E-state index is 0.215. The van der Waals surface area contributed by atoms with Crippen LogP contribution in [-0.4, -0.2) is 16.1 Å². The molecule has 1 aromatic heterocycles. The van der Waals surface area contributed by atoms with Gasteiger partial charge in [0.1, 0.15) is 5.69 Å². The van der Waals surface area contributed by atoms with Gasteiger partial charge in [0, 0.05) is 16.1 Å². The van der Waals surface area contributed by atoms with E-state index in [1.165, 1.54) is 5.56 Å². The van der Waals surface area contributed by atoms with Crippen LogP contribution in [0.2, 0.25) is 5.02 Å². The maximum atomic E-state index is 12.5. The zero-order valence-electron chi connectivity index (χ0n) is 13.8. The molecule has 5 heteroatoms. The number of nitrogens with one attached hydrogen (secondary N) is 2. The van der Waals surface area contributed by atoms with Crippen LogP contribution in [0.5, 0.6) is 0 Å². The van der Waals surface area contributed by atoms with Crippen molar-refractivity contribution in [1.29, 1.82) is 0 Å². The fourth-order valence-electron chi connectivity index (χ4n) is 2.67. The van der Waals surface area contributed by atoms with Gasteiger partial charge in [0.25, 0.3) is 5.91 Å². The summed E-state index contributed by atoms with van der Waals surface area (Å²) < 4.78 is 0. The van der Waals surface area contributed by atoms with Crippen LogP contribution < -0.4 is 5.32 Å². The molecule has 24 heavy (non-hydrogen) atoms. The Morgan fingerprint density at radius 3 is 2.62 bits per heavy atom. The van der Waals surface area contributed by atoms with Crippen LogP contribution in [0.15, 0.2) is 42.5 Å². The number of nitrogens with zero attached hydrogens (tertiary/aromatic N) is 1. The molecule has 0 saturated carbocycles. The monoisotopic (exact) mass is 339 g/mol. The van der Waals surface area contributed by atoms with E-state index < -0.39 is 0 Å². The third-order valence-electron chi connectivity index (χ3n) is 3.91. The number of aryl methyl sites for hydroxylation is 3. The Morgan fingerprint density at radius 1 is 1.12 bits per heavy atom. The summed E-state index contributed by atoms with van der Waals surface area (Å²) in [6.07, 6.45) is 0. The van der Waals surface area contributed by atoms with Crippen molar-refractivity contribution in [3.63, 3.8) is 0 Å². The summed E-state index contributed by atoms with van der Waals surface area (Å²) >= 11 is 5.97. The number of carbonyl (C=O) groups is 1. The van der Waals surface area contributed by atoms with Crippen molar-refractivity contribution in [1.82, 2.24) is 10.2 Å². The van der Waals surface area contributed by atoms with Gasteiger partial charge >= 0.3 is 0 Å². The molecule has 0 fully saturated rings. The highest BCUT2D eigenvalue weighted by molar-refractivity contribution is 6.31. The van der Waals surface area contributed by atoms with Crippen molar-refractivity contribution >= 4 is 23.2 Å². The van der Waals surface area contributed by atoms with Crippen molar-refractivity contribution in [3.05, 3.63) is 69.9 Å². The number of H-pyrrole nitrogens is 1. The van der Waals surface area contributed by atoms with Crippen molar-refractivity contribution in [3.8, 4) is 11.3 Å². The second kappa shape index (κ2) is 6.49. The molecular formula is C19H18ClN3O. The molecule has 0 spiro atoms. The predicted octanol–water partition coefficient (Wildman–Crippen LogP) is 4.91. The van der Waals surface area contributed by atoms with E-state index in [2.05, 4.69) is 28.5 Å². The van der Waals surface area contributed by atoms with Crippen LogP contribution in [0.4, 0.5) is 5.69 Å². The molecular weight excluding hydrogens is 322 g/mol. The highest BCUT2D eigenvalue weighted by Crippen LogP contribution is 2.31. The van der Waals surface area contributed by atoms with E-state index in [-0.39, 0.29) is 5.91 Å². The molecule has 0 atom stereocenters. The smallest absolute Gasteiger partial charge is 0.255 e. The molecule has 1 amide bonds. The highest BCUT2D eigenvalue weighted by Gasteiger charge is 2.17. The van der Waals surface area contributed by atoms with Gasteiger partial charge in [-0.1, -0.05) is 41.4 Å². The predicted molar refractivity (Wildman–Crippen MR) is 97.6 cm³/mol. The van der Waals surface area contributed by atoms with Gasteiger partial charge in [-0.05, 0) is 44.5 Å². The largest absolute Gasteiger partial charge is 0.319 e. The standard InChI is InChI=1S/C19H18ClN3O/c1-11-7-8-16(12(2)9-11)18-17(13(3)22-23-18)21-19(24)14-5-4-6-15(20)10-14/h4-10H,1-3H3,(H,21,24)(H,22,23). The molecule has 0 aliphatic carbocycles. The van der Waals surface area contributed by atoms with E-state index in [1.807, 2.05) is 26.0 Å². The average Bonchev–Trinajstić information content (AvgIpc) is 2.88. The van der Waals surface area contributed by atoms with Crippen LogP contribution in [0.3, 0.4) is 0 Å². The third kappa shape index (κ3) is 3.19. The van der Waals surface area contributed by atoms with Gasteiger partial charge in [-0.3, -0.25) is 9.89 Å². The number of carbonyl (C=O) groups excluding carboxylic acids is 1. The summed E-state index contributed by atoms with van der Waals surface area (Å²) in [7, 11) is 0. The lowest BCUT2D eigenvalue weighted by Crippen LogP contribution is -2.12. The highest BCUT2D eigenvalue weighted by atomic mass is 35.5. The topological polar surface area (TPSA) is 57.8 Å². The van der Waals surface area contributed by atoms with Crippen LogP contribution in [-0.2, 0) is 0 Å². The molecule has 0 aliphatic heterocycles. The quantitative estimate of drug-likeness (QED) is 0.712. The van der Waals surface area contributed by atoms with E-state index in [0.717, 1.165) is 22.5 Å². The van der Waals surface area contributed by atoms with Gasteiger partial charge in [0.05, 0.1) is 11.4 Å². The number of amides is 1. The van der Waals surface area contributed by atoms with Crippen LogP contribution in [0.1, 0.15) is 27.2 Å². The summed E-state index contributed by atoms with van der Waals surface area (Å²) in [5.74, 6) is -0.215. The Morgan fingerprint density at radius 2 is 1.92 bits per heavy atom. The molecule has 0 unspecified atom stereocenters. The summed E-state index contributed by atoms with van der Waals surface area (Å²) in [5.41, 5.74) is 6.03. The van der Waals surface area contributed by atoms with Crippen molar-refractivity contribution in [2.75, 3.05) is 5.32 Å². The van der Waals surface area contributed by atoms with Crippen molar-refractivity contribution in [2.45, 2.75) is 20.8 Å². The van der Waals surface area contributed by atoms with Gasteiger partial charge in [0.2, 0.25) is 0 Å². The number of aromatic nitrogens is 2. The minimum atomic E-state index is -0.215. The fourth-order valence-corrected chi connectivity index (χ4v) is 2.86. The third-order valence-corrected chi connectivity index (χ3v) is 4.14. The molecule has 2 aromatic carbocycles. The maximum absolute atomic E-state index is 12.5. The number of benzene rings is 2. The first-order chi connectivity index (χ1) is 11.5. The second-order valence-electron chi connectivity index (χ2n) is 5.86. The van der Waals surface area contributed by atoms with E-state index in [4.69, 9.17) is 11.6 Å². The molecule has 0 bridgehead atoms. The van der Waals surface area contributed by atoms with Gasteiger partial charge < -0.3 is 5.32 Å². The summed E-state index contributed by atoms with van der Waals surface area (Å²) in [6, 6.07) is 13.0. The molecule has 0 radical (unpaired) electrons. The lowest BCUT2D eigenvalue weighted by Gasteiger charge is -2.09. The van der Waals surface area contributed by atoms with E-state index in [9.17, 15) is 4.79 Å². The van der Waals surface area contributed by atoms with E-state index in [1.54, 1.807) is 24.3 Å². The van der Waals surface area contributed by atoms with Crippen molar-refractivity contribution in [2.24, 2.45) is 0 Å². The fraction of sp³-hybridized carbons (Fsp3) is 0.158. The van der Waals surface area contributed by atoms with Gasteiger partial charge in [-0.25, -0.2) is 0 Å². The molecule has 3 aromatic rings. The Labute approximate surface area is 145 Å². The first-order valence-corrected chi connectivity index (χ1v) is 8.03. The minimum Gasteiger partial charge on any atom is -0.319 e. The zero-order chi connectivity index (χ0) is 17.3. The number of aromatic amines is 1. The molecule has 122 valence electrons. The number of hydrogen-bond donors (Lipinski definition) is 2. The Hall–Kier alpha value is -2.59. The Kier molecular flexibility index (Phi) is 4.40. The van der Waals surface area contributed by atoms with Gasteiger partial charge in [-0.2, -0.15) is 5.10 Å². The number of hydrogen-bond acceptors (Lipinski definition) is 2. The van der Waals surface area contributed by atoms with Crippen LogP contribution in [0, 0.1) is 20.8 Å².